The lowest BCUT2D eigenvalue weighted by atomic mass is 9.93. The molecule has 28 heavy (non-hydrogen) atoms. The van der Waals surface area contributed by atoms with Gasteiger partial charge in [0.2, 0.25) is 5.91 Å². The molecule has 1 saturated carbocycles. The summed E-state index contributed by atoms with van der Waals surface area (Å²) in [4.78, 5) is 22.4. The maximum Gasteiger partial charge on any atom is 0.316 e. The molecule has 0 unspecified atom stereocenters. The van der Waals surface area contributed by atoms with Crippen LogP contribution in [0.15, 0.2) is 22.6 Å². The Morgan fingerprint density at radius 2 is 2.04 bits per heavy atom. The number of amides is 1. The average Bonchev–Trinajstić information content (AvgIpc) is 3.11. The highest BCUT2D eigenvalue weighted by atomic mass is 16.4. The van der Waals surface area contributed by atoms with Gasteiger partial charge in [0, 0.05) is 13.1 Å². The number of imidazole rings is 1. The SMILES string of the molecule is Cc1nc2c(-c3nnc(N[C@@H](C)C(=O)N4CCC5(CC4)CC5)o3)cccc2[nH]1. The van der Waals surface area contributed by atoms with E-state index in [4.69, 9.17) is 4.42 Å². The summed E-state index contributed by atoms with van der Waals surface area (Å²) in [6.45, 7) is 5.44. The van der Waals surface area contributed by atoms with Crippen LogP contribution in [0.4, 0.5) is 6.01 Å². The standard InChI is InChI=1S/C20H24N6O2/c1-12(18(27)26-10-8-20(6-7-20)9-11-26)21-19-25-24-17(28-19)14-4-3-5-15-16(14)23-13(2)22-15/h3-5,12H,6-11H2,1-2H3,(H,21,25)(H,22,23)/t12-/m0/s1. The number of carbonyl (C=O) groups excluding carboxylic acids is 1. The third kappa shape index (κ3) is 3.02. The molecule has 0 bridgehead atoms. The van der Waals surface area contributed by atoms with Gasteiger partial charge in [0.05, 0.1) is 11.1 Å². The van der Waals surface area contributed by atoms with Gasteiger partial charge in [-0.1, -0.05) is 11.2 Å². The number of aryl methyl sites for hydroxylation is 1. The van der Waals surface area contributed by atoms with Crippen LogP contribution < -0.4 is 5.32 Å². The number of fused-ring (bicyclic) bond motifs is 1. The zero-order chi connectivity index (χ0) is 19.3. The van der Waals surface area contributed by atoms with Gasteiger partial charge in [-0.05, 0) is 57.1 Å². The van der Waals surface area contributed by atoms with Crippen LogP contribution in [0.5, 0.6) is 0 Å². The van der Waals surface area contributed by atoms with Crippen molar-refractivity contribution in [3.63, 3.8) is 0 Å². The highest BCUT2D eigenvalue weighted by Crippen LogP contribution is 2.53. The molecule has 8 nitrogen and oxygen atoms in total. The third-order valence-corrected chi connectivity index (χ3v) is 6.09. The van der Waals surface area contributed by atoms with Crippen LogP contribution in [-0.4, -0.2) is 50.1 Å². The van der Waals surface area contributed by atoms with Gasteiger partial charge in [0.1, 0.15) is 17.4 Å². The number of nitrogens with one attached hydrogen (secondary N) is 2. The second kappa shape index (κ2) is 6.32. The molecule has 1 aliphatic heterocycles. The van der Waals surface area contributed by atoms with Crippen molar-refractivity contribution in [3.8, 4) is 11.5 Å². The highest BCUT2D eigenvalue weighted by molar-refractivity contribution is 5.89. The number of benzene rings is 1. The molecule has 8 heteroatoms. The molecule has 146 valence electrons. The Labute approximate surface area is 162 Å². The normalized spacial score (nSPS) is 19.1. The van der Waals surface area contributed by atoms with Gasteiger partial charge in [-0.2, -0.15) is 0 Å². The summed E-state index contributed by atoms with van der Waals surface area (Å²) >= 11 is 0. The Hall–Kier alpha value is -2.90. The van der Waals surface area contributed by atoms with E-state index in [0.717, 1.165) is 48.4 Å². The molecule has 1 spiro atoms. The quantitative estimate of drug-likeness (QED) is 0.721. The Morgan fingerprint density at radius 3 is 2.79 bits per heavy atom. The number of aromatic amines is 1. The summed E-state index contributed by atoms with van der Waals surface area (Å²) in [5, 5.41) is 11.3. The minimum atomic E-state index is -0.412. The number of likely N-dealkylation sites (tertiary alicyclic amines) is 1. The molecular formula is C20H24N6O2. The number of nitrogens with zero attached hydrogens (tertiary/aromatic N) is 4. The Bertz CT molecular complexity index is 1020. The van der Waals surface area contributed by atoms with Gasteiger partial charge in [0.25, 0.3) is 5.89 Å². The second-order valence-electron chi connectivity index (χ2n) is 8.13. The fraction of sp³-hybridized carbons (Fsp3) is 0.500. The molecule has 1 aliphatic carbocycles. The van der Waals surface area contributed by atoms with Crippen molar-refractivity contribution in [1.82, 2.24) is 25.1 Å². The molecule has 1 amide bonds. The van der Waals surface area contributed by atoms with E-state index in [2.05, 4.69) is 25.5 Å². The molecule has 1 aromatic carbocycles. The fourth-order valence-corrected chi connectivity index (χ4v) is 4.12. The van der Waals surface area contributed by atoms with Gasteiger partial charge < -0.3 is 19.6 Å². The predicted octanol–water partition coefficient (Wildman–Crippen LogP) is 3.12. The zero-order valence-electron chi connectivity index (χ0n) is 16.2. The van der Waals surface area contributed by atoms with Gasteiger partial charge >= 0.3 is 6.01 Å². The van der Waals surface area contributed by atoms with E-state index in [9.17, 15) is 4.79 Å². The maximum atomic E-state index is 12.7. The number of rotatable bonds is 4. The van der Waals surface area contributed by atoms with Gasteiger partial charge in [-0.3, -0.25) is 4.79 Å². The zero-order valence-corrected chi connectivity index (χ0v) is 16.2. The van der Waals surface area contributed by atoms with Crippen LogP contribution in [-0.2, 0) is 4.79 Å². The van der Waals surface area contributed by atoms with Crippen molar-refractivity contribution in [2.75, 3.05) is 18.4 Å². The lowest BCUT2D eigenvalue weighted by molar-refractivity contribution is -0.133. The topological polar surface area (TPSA) is 99.9 Å². The van der Waals surface area contributed by atoms with E-state index >= 15 is 0 Å². The summed E-state index contributed by atoms with van der Waals surface area (Å²) in [5.41, 5.74) is 3.04. The Morgan fingerprint density at radius 1 is 1.25 bits per heavy atom. The van der Waals surface area contributed by atoms with E-state index in [1.165, 1.54) is 12.8 Å². The number of H-pyrrole nitrogens is 1. The molecule has 1 atom stereocenters. The lowest BCUT2D eigenvalue weighted by Gasteiger charge is -2.33. The minimum Gasteiger partial charge on any atom is -0.403 e. The van der Waals surface area contributed by atoms with Gasteiger partial charge in [0.15, 0.2) is 0 Å². The highest BCUT2D eigenvalue weighted by Gasteiger charge is 2.45. The van der Waals surface area contributed by atoms with Crippen molar-refractivity contribution in [2.45, 2.75) is 45.6 Å². The van der Waals surface area contributed by atoms with Gasteiger partial charge in [-0.25, -0.2) is 4.98 Å². The number of hydrogen-bond acceptors (Lipinski definition) is 6. The number of carbonyl (C=O) groups is 1. The Kier molecular flexibility index (Phi) is 3.89. The van der Waals surface area contributed by atoms with Crippen molar-refractivity contribution < 1.29 is 9.21 Å². The summed E-state index contributed by atoms with van der Waals surface area (Å²) < 4.78 is 5.78. The molecule has 2 aromatic heterocycles. The number of anilines is 1. The largest absolute Gasteiger partial charge is 0.403 e. The minimum absolute atomic E-state index is 0.0836. The van der Waals surface area contributed by atoms with Crippen LogP contribution in [0.1, 0.15) is 38.4 Å². The van der Waals surface area contributed by atoms with E-state index in [1.807, 2.05) is 36.9 Å². The van der Waals surface area contributed by atoms with E-state index in [-0.39, 0.29) is 11.9 Å². The van der Waals surface area contributed by atoms with Crippen molar-refractivity contribution in [1.29, 1.82) is 0 Å². The van der Waals surface area contributed by atoms with Crippen molar-refractivity contribution >= 4 is 23.0 Å². The monoisotopic (exact) mass is 380 g/mol. The average molecular weight is 380 g/mol. The van der Waals surface area contributed by atoms with Crippen molar-refractivity contribution in [2.24, 2.45) is 5.41 Å². The first-order chi connectivity index (χ1) is 13.5. The smallest absolute Gasteiger partial charge is 0.316 e. The predicted molar refractivity (Wildman–Crippen MR) is 105 cm³/mol. The first kappa shape index (κ1) is 17.2. The molecule has 2 N–H and O–H groups in total. The summed E-state index contributed by atoms with van der Waals surface area (Å²) in [6.07, 6.45) is 4.91. The van der Waals surface area contributed by atoms with Crippen LogP contribution in [0.25, 0.3) is 22.5 Å². The molecular weight excluding hydrogens is 356 g/mol. The molecule has 0 radical (unpaired) electrons. The maximum absolute atomic E-state index is 12.7. The first-order valence-electron chi connectivity index (χ1n) is 9.88. The van der Waals surface area contributed by atoms with Crippen LogP contribution in [0, 0.1) is 12.3 Å². The van der Waals surface area contributed by atoms with Crippen LogP contribution in [0.3, 0.4) is 0 Å². The van der Waals surface area contributed by atoms with Crippen LogP contribution in [0.2, 0.25) is 0 Å². The number of aromatic nitrogens is 4. The number of hydrogen-bond donors (Lipinski definition) is 2. The van der Waals surface area contributed by atoms with E-state index in [1.54, 1.807) is 0 Å². The van der Waals surface area contributed by atoms with Gasteiger partial charge in [-0.15, -0.1) is 5.10 Å². The number of para-hydroxylation sites is 1. The third-order valence-electron chi connectivity index (χ3n) is 6.09. The summed E-state index contributed by atoms with van der Waals surface area (Å²) in [7, 11) is 0. The summed E-state index contributed by atoms with van der Waals surface area (Å²) in [5.74, 6) is 1.29. The van der Waals surface area contributed by atoms with E-state index < -0.39 is 6.04 Å². The molecule has 1 saturated heterocycles. The number of piperidine rings is 1. The molecule has 3 heterocycles. The molecule has 3 aromatic rings. The molecule has 2 fully saturated rings. The summed E-state index contributed by atoms with van der Waals surface area (Å²) in [6, 6.07) is 5.61. The first-order valence-corrected chi connectivity index (χ1v) is 9.88. The van der Waals surface area contributed by atoms with E-state index in [0.29, 0.717) is 11.3 Å². The molecule has 5 rings (SSSR count). The Balaban J connectivity index is 1.29. The lowest BCUT2D eigenvalue weighted by Crippen LogP contribution is -2.45. The van der Waals surface area contributed by atoms with Crippen molar-refractivity contribution in [3.05, 3.63) is 24.0 Å². The second-order valence-corrected chi connectivity index (χ2v) is 8.13. The molecule has 2 aliphatic rings. The fourth-order valence-electron chi connectivity index (χ4n) is 4.12. The van der Waals surface area contributed by atoms with Crippen LogP contribution >= 0.6 is 0 Å².